The first-order valence-electron chi connectivity index (χ1n) is 11.9. The lowest BCUT2D eigenvalue weighted by atomic mass is 9.57. The van der Waals surface area contributed by atoms with Crippen LogP contribution in [0.2, 0.25) is 0 Å². The van der Waals surface area contributed by atoms with Crippen LogP contribution in [0.3, 0.4) is 0 Å². The molecule has 30 heavy (non-hydrogen) atoms. The number of nitrogens with zero attached hydrogens (tertiary/aromatic N) is 1. The molecule has 2 aromatic rings. The Hall–Kier alpha value is -2.15. The number of hydrogen-bond acceptors (Lipinski definition) is 0. The molecule has 1 aliphatic heterocycles. The highest BCUT2D eigenvalue weighted by Crippen LogP contribution is 2.56. The summed E-state index contributed by atoms with van der Waals surface area (Å²) >= 11 is 0. The zero-order valence-electron chi connectivity index (χ0n) is 19.4. The van der Waals surface area contributed by atoms with Gasteiger partial charge in [0.05, 0.1) is 0 Å². The van der Waals surface area contributed by atoms with Crippen LogP contribution in [0.1, 0.15) is 73.8 Å². The van der Waals surface area contributed by atoms with Gasteiger partial charge in [-0.15, -0.1) is 0 Å². The topological polar surface area (TPSA) is 3.01 Å². The highest BCUT2D eigenvalue weighted by Gasteiger charge is 2.61. The summed E-state index contributed by atoms with van der Waals surface area (Å²) in [7, 11) is 0. The van der Waals surface area contributed by atoms with Crippen molar-refractivity contribution in [3.63, 3.8) is 0 Å². The van der Waals surface area contributed by atoms with Crippen LogP contribution < -0.4 is 0 Å². The summed E-state index contributed by atoms with van der Waals surface area (Å²) in [5.74, 6) is 0.703. The molecule has 5 rings (SSSR count). The molecular formula is C29H36N+. The van der Waals surface area contributed by atoms with Crippen LogP contribution >= 0.6 is 0 Å². The third-order valence-corrected chi connectivity index (χ3v) is 8.15. The van der Waals surface area contributed by atoms with Gasteiger partial charge in [-0.05, 0) is 69.2 Å². The lowest BCUT2D eigenvalue weighted by Crippen LogP contribution is -2.44. The van der Waals surface area contributed by atoms with Gasteiger partial charge in [0.2, 0.25) is 5.69 Å². The molecule has 2 aromatic carbocycles. The average molecular weight is 399 g/mol. The summed E-state index contributed by atoms with van der Waals surface area (Å²) in [5.41, 5.74) is 10.3. The zero-order valence-corrected chi connectivity index (χ0v) is 19.4. The second-order valence-electron chi connectivity index (χ2n) is 10.5. The van der Waals surface area contributed by atoms with Crippen LogP contribution in [0.4, 0.5) is 5.69 Å². The predicted octanol–water partition coefficient (Wildman–Crippen LogP) is 7.12. The first kappa shape index (κ1) is 19.8. The van der Waals surface area contributed by atoms with Crippen LogP contribution in [-0.4, -0.2) is 16.3 Å². The van der Waals surface area contributed by atoms with Gasteiger partial charge in [-0.25, -0.2) is 0 Å². The van der Waals surface area contributed by atoms with E-state index in [-0.39, 0.29) is 11.0 Å². The Morgan fingerprint density at radius 3 is 2.27 bits per heavy atom. The summed E-state index contributed by atoms with van der Waals surface area (Å²) in [6.45, 7) is 11.7. The van der Waals surface area contributed by atoms with Crippen molar-refractivity contribution < 1.29 is 4.58 Å². The highest BCUT2D eigenvalue weighted by molar-refractivity contribution is 5.83. The van der Waals surface area contributed by atoms with E-state index in [0.29, 0.717) is 5.92 Å². The quantitative estimate of drug-likeness (QED) is 0.374. The molecule has 3 aliphatic rings. The van der Waals surface area contributed by atoms with E-state index in [9.17, 15) is 0 Å². The average Bonchev–Trinajstić information content (AvgIpc) is 2.96. The molecule has 1 atom stereocenters. The number of fused-ring (bicyclic) bond motifs is 3. The minimum Gasteiger partial charge on any atom is -0.192 e. The number of allylic oxidation sites excluding steroid dienone is 1. The fourth-order valence-corrected chi connectivity index (χ4v) is 7.02. The fraction of sp³-hybridized carbons (Fsp3) is 0.483. The van der Waals surface area contributed by atoms with Crippen LogP contribution in [0.15, 0.2) is 48.0 Å². The first-order chi connectivity index (χ1) is 14.4. The van der Waals surface area contributed by atoms with E-state index in [1.54, 1.807) is 11.1 Å². The number of benzene rings is 2. The summed E-state index contributed by atoms with van der Waals surface area (Å²) in [6.07, 6.45) is 13.2. The SMILES string of the molecule is Cc1cc(C)c([N+]2=C[C@]3(C4CCCCC4)C(=CCc4ccccc43)C2(C)C)c(C)c1. The van der Waals surface area contributed by atoms with Crippen LogP contribution in [0.5, 0.6) is 0 Å². The molecule has 0 unspecified atom stereocenters. The summed E-state index contributed by atoms with van der Waals surface area (Å²) in [6, 6.07) is 14.0. The van der Waals surface area contributed by atoms with E-state index < -0.39 is 0 Å². The van der Waals surface area contributed by atoms with E-state index >= 15 is 0 Å². The van der Waals surface area contributed by atoms with E-state index in [1.165, 1.54) is 60.0 Å². The number of rotatable bonds is 2. The molecule has 1 heteroatoms. The monoisotopic (exact) mass is 398 g/mol. The minimum atomic E-state index is -0.0181. The molecule has 0 radical (unpaired) electrons. The van der Waals surface area contributed by atoms with Crippen molar-refractivity contribution in [2.75, 3.05) is 0 Å². The molecule has 1 fully saturated rings. The zero-order chi connectivity index (χ0) is 21.1. The Kier molecular flexibility index (Phi) is 4.58. The predicted molar refractivity (Wildman–Crippen MR) is 127 cm³/mol. The van der Waals surface area contributed by atoms with Gasteiger partial charge in [-0.2, -0.15) is 4.58 Å². The standard InChI is InChI=1S/C29H36N/c1-20-17-21(2)27(22(3)18-20)30-19-29(24-12-7-6-8-13-24)25-14-10-9-11-23(25)15-16-26(29)28(30,4)5/h9-11,14,16-19,24H,6-8,12-13,15H2,1-5H3/q+1/t29-/m1/s1. The molecular weight excluding hydrogens is 362 g/mol. The van der Waals surface area contributed by atoms with Crippen molar-refractivity contribution in [3.05, 3.63) is 75.9 Å². The Morgan fingerprint density at radius 1 is 0.900 bits per heavy atom. The Balaban J connectivity index is 1.80. The van der Waals surface area contributed by atoms with E-state index in [0.717, 1.165) is 6.42 Å². The highest BCUT2D eigenvalue weighted by atomic mass is 15.1. The maximum atomic E-state index is 2.66. The fourth-order valence-electron chi connectivity index (χ4n) is 7.02. The molecule has 1 heterocycles. The van der Waals surface area contributed by atoms with Gasteiger partial charge in [0.15, 0.2) is 11.8 Å². The summed E-state index contributed by atoms with van der Waals surface area (Å²) < 4.78 is 2.65. The van der Waals surface area contributed by atoms with Gasteiger partial charge in [-0.3, -0.25) is 0 Å². The second kappa shape index (κ2) is 6.94. The molecule has 1 saturated carbocycles. The van der Waals surface area contributed by atoms with Crippen molar-refractivity contribution in [1.29, 1.82) is 0 Å². The van der Waals surface area contributed by atoms with Crippen LogP contribution in [0.25, 0.3) is 0 Å². The van der Waals surface area contributed by atoms with Gasteiger partial charge < -0.3 is 0 Å². The molecule has 0 N–H and O–H groups in total. The van der Waals surface area contributed by atoms with Crippen LogP contribution in [-0.2, 0) is 11.8 Å². The van der Waals surface area contributed by atoms with Crippen molar-refractivity contribution in [3.8, 4) is 0 Å². The molecule has 0 saturated heterocycles. The Bertz CT molecular complexity index is 1040. The largest absolute Gasteiger partial charge is 0.211 e. The third-order valence-electron chi connectivity index (χ3n) is 8.15. The third kappa shape index (κ3) is 2.70. The second-order valence-corrected chi connectivity index (χ2v) is 10.5. The minimum absolute atomic E-state index is 0.0181. The molecule has 1 nitrogen and oxygen atoms in total. The first-order valence-corrected chi connectivity index (χ1v) is 11.9. The van der Waals surface area contributed by atoms with Gasteiger partial charge in [0, 0.05) is 30.5 Å². The summed E-state index contributed by atoms with van der Waals surface area (Å²) in [4.78, 5) is 0. The molecule has 0 amide bonds. The molecule has 0 bridgehead atoms. The van der Waals surface area contributed by atoms with Crippen molar-refractivity contribution >= 4 is 11.9 Å². The van der Waals surface area contributed by atoms with Crippen molar-refractivity contribution in [2.24, 2.45) is 5.92 Å². The number of aryl methyl sites for hydroxylation is 3. The molecule has 2 aliphatic carbocycles. The number of hydrogen-bond donors (Lipinski definition) is 0. The van der Waals surface area contributed by atoms with Gasteiger partial charge in [-0.1, -0.05) is 55.2 Å². The maximum absolute atomic E-state index is 2.66. The van der Waals surface area contributed by atoms with E-state index in [2.05, 4.69) is 87.9 Å². The lowest BCUT2D eigenvalue weighted by molar-refractivity contribution is -0.501. The van der Waals surface area contributed by atoms with E-state index in [4.69, 9.17) is 0 Å². The van der Waals surface area contributed by atoms with E-state index in [1.807, 2.05) is 0 Å². The summed E-state index contributed by atoms with van der Waals surface area (Å²) in [5, 5.41) is 0. The van der Waals surface area contributed by atoms with Crippen LogP contribution in [0, 0.1) is 26.7 Å². The lowest BCUT2D eigenvalue weighted by Gasteiger charge is -2.42. The molecule has 156 valence electrons. The van der Waals surface area contributed by atoms with Gasteiger partial charge in [0.25, 0.3) is 0 Å². The smallest absolute Gasteiger partial charge is 0.192 e. The Morgan fingerprint density at radius 2 is 1.57 bits per heavy atom. The van der Waals surface area contributed by atoms with Gasteiger partial charge >= 0.3 is 0 Å². The van der Waals surface area contributed by atoms with Crippen molar-refractivity contribution in [1.82, 2.24) is 0 Å². The van der Waals surface area contributed by atoms with Gasteiger partial charge in [0.1, 0.15) is 5.41 Å². The maximum Gasteiger partial charge on any atom is 0.211 e. The Labute approximate surface area is 182 Å². The molecule has 0 aromatic heterocycles. The van der Waals surface area contributed by atoms with Crippen molar-refractivity contribution in [2.45, 2.75) is 84.1 Å². The molecule has 0 spiro atoms. The normalized spacial score (nSPS) is 25.4.